The highest BCUT2D eigenvalue weighted by atomic mass is 16.5. The molecule has 0 aliphatic carbocycles. The van der Waals surface area contributed by atoms with Crippen molar-refractivity contribution in [3.8, 4) is 0 Å². The van der Waals surface area contributed by atoms with E-state index >= 15 is 0 Å². The second kappa shape index (κ2) is 4.04. The molecular formula is C8H17NO2. The van der Waals surface area contributed by atoms with Crippen molar-refractivity contribution in [2.45, 2.75) is 25.5 Å². The number of hydrogen-bond acceptors (Lipinski definition) is 3. The Morgan fingerprint density at radius 3 is 2.82 bits per heavy atom. The van der Waals surface area contributed by atoms with Gasteiger partial charge < -0.3 is 9.84 Å². The molecule has 1 saturated heterocycles. The Morgan fingerprint density at radius 2 is 2.36 bits per heavy atom. The topological polar surface area (TPSA) is 32.7 Å². The molecule has 1 rings (SSSR count). The summed E-state index contributed by atoms with van der Waals surface area (Å²) in [6, 6.07) is 0.514. The van der Waals surface area contributed by atoms with E-state index in [4.69, 9.17) is 4.74 Å². The summed E-state index contributed by atoms with van der Waals surface area (Å²) in [5, 5.41) is 9.29. The smallest absolute Gasteiger partial charge is 0.0682 e. The third-order valence-corrected chi connectivity index (χ3v) is 2.26. The Hall–Kier alpha value is -0.120. The van der Waals surface area contributed by atoms with Gasteiger partial charge in [0.05, 0.1) is 12.7 Å². The quantitative estimate of drug-likeness (QED) is 0.633. The first-order chi connectivity index (χ1) is 5.24. The number of hydrogen-bond donors (Lipinski definition) is 1. The average Bonchev–Trinajstić information content (AvgIpc) is 2.26. The van der Waals surface area contributed by atoms with Gasteiger partial charge in [-0.2, -0.15) is 0 Å². The fourth-order valence-electron chi connectivity index (χ4n) is 1.59. The first-order valence-corrected chi connectivity index (χ1v) is 4.15. The summed E-state index contributed by atoms with van der Waals surface area (Å²) in [7, 11) is 1.71. The van der Waals surface area contributed by atoms with Gasteiger partial charge in [0.15, 0.2) is 0 Å². The summed E-state index contributed by atoms with van der Waals surface area (Å²) >= 11 is 0. The van der Waals surface area contributed by atoms with Gasteiger partial charge >= 0.3 is 0 Å². The van der Waals surface area contributed by atoms with Crippen LogP contribution in [0.5, 0.6) is 0 Å². The zero-order valence-corrected chi connectivity index (χ0v) is 7.29. The van der Waals surface area contributed by atoms with Crippen LogP contribution < -0.4 is 0 Å². The van der Waals surface area contributed by atoms with Crippen molar-refractivity contribution in [2.24, 2.45) is 0 Å². The Balaban J connectivity index is 2.23. The van der Waals surface area contributed by atoms with Crippen LogP contribution in [-0.4, -0.2) is 49.0 Å². The SMILES string of the molecule is COCCN1C[C@@H](O)C[C@@H]1C. The van der Waals surface area contributed by atoms with Crippen LogP contribution in [0, 0.1) is 0 Å². The molecule has 1 fully saturated rings. The zero-order valence-electron chi connectivity index (χ0n) is 7.29. The number of aliphatic hydroxyl groups is 1. The number of likely N-dealkylation sites (tertiary alicyclic amines) is 1. The predicted molar refractivity (Wildman–Crippen MR) is 43.5 cm³/mol. The van der Waals surface area contributed by atoms with E-state index in [-0.39, 0.29) is 6.10 Å². The van der Waals surface area contributed by atoms with Crippen molar-refractivity contribution in [2.75, 3.05) is 26.8 Å². The van der Waals surface area contributed by atoms with Gasteiger partial charge in [-0.25, -0.2) is 0 Å². The van der Waals surface area contributed by atoms with E-state index in [0.717, 1.165) is 26.1 Å². The summed E-state index contributed by atoms with van der Waals surface area (Å²) in [5.41, 5.74) is 0. The van der Waals surface area contributed by atoms with Gasteiger partial charge in [0, 0.05) is 26.2 Å². The van der Waals surface area contributed by atoms with Crippen molar-refractivity contribution in [3.05, 3.63) is 0 Å². The van der Waals surface area contributed by atoms with Crippen LogP contribution in [0.25, 0.3) is 0 Å². The largest absolute Gasteiger partial charge is 0.392 e. The van der Waals surface area contributed by atoms with Crippen LogP contribution in [0.4, 0.5) is 0 Å². The number of aliphatic hydroxyl groups excluding tert-OH is 1. The van der Waals surface area contributed by atoms with E-state index < -0.39 is 0 Å². The number of methoxy groups -OCH3 is 1. The molecule has 66 valence electrons. The molecule has 3 heteroatoms. The maximum atomic E-state index is 9.29. The van der Waals surface area contributed by atoms with E-state index in [9.17, 15) is 5.11 Å². The van der Waals surface area contributed by atoms with Crippen LogP contribution in [-0.2, 0) is 4.74 Å². The molecule has 11 heavy (non-hydrogen) atoms. The van der Waals surface area contributed by atoms with Gasteiger partial charge in [0.25, 0.3) is 0 Å². The number of rotatable bonds is 3. The minimum atomic E-state index is -0.123. The molecule has 0 bridgehead atoms. The van der Waals surface area contributed by atoms with Gasteiger partial charge in [-0.15, -0.1) is 0 Å². The van der Waals surface area contributed by atoms with Gasteiger partial charge in [-0.05, 0) is 13.3 Å². The Labute approximate surface area is 68.0 Å². The van der Waals surface area contributed by atoms with Crippen LogP contribution in [0.1, 0.15) is 13.3 Å². The number of ether oxygens (including phenoxy) is 1. The lowest BCUT2D eigenvalue weighted by Gasteiger charge is -2.19. The lowest BCUT2D eigenvalue weighted by atomic mass is 10.2. The van der Waals surface area contributed by atoms with Crippen molar-refractivity contribution in [1.82, 2.24) is 4.90 Å². The van der Waals surface area contributed by atoms with Gasteiger partial charge in [-0.3, -0.25) is 4.90 Å². The first kappa shape index (κ1) is 8.97. The van der Waals surface area contributed by atoms with Gasteiger partial charge in [0.1, 0.15) is 0 Å². The van der Waals surface area contributed by atoms with E-state index in [1.54, 1.807) is 7.11 Å². The Bertz CT molecular complexity index is 119. The standard InChI is InChI=1S/C8H17NO2/c1-7-5-8(10)6-9(7)3-4-11-2/h7-8,10H,3-6H2,1-2H3/t7-,8-/m0/s1. The Morgan fingerprint density at radius 1 is 1.64 bits per heavy atom. The van der Waals surface area contributed by atoms with Crippen LogP contribution in [0.15, 0.2) is 0 Å². The second-order valence-corrected chi connectivity index (χ2v) is 3.23. The number of β-amino-alcohol motifs (C(OH)–C–C–N with tert-alkyl or cyclic N) is 1. The van der Waals surface area contributed by atoms with Crippen LogP contribution in [0.3, 0.4) is 0 Å². The molecule has 2 atom stereocenters. The highest BCUT2D eigenvalue weighted by molar-refractivity contribution is 4.81. The second-order valence-electron chi connectivity index (χ2n) is 3.23. The van der Waals surface area contributed by atoms with E-state index in [0.29, 0.717) is 6.04 Å². The van der Waals surface area contributed by atoms with Crippen molar-refractivity contribution in [3.63, 3.8) is 0 Å². The fraction of sp³-hybridized carbons (Fsp3) is 1.00. The monoisotopic (exact) mass is 159 g/mol. The molecule has 0 radical (unpaired) electrons. The lowest BCUT2D eigenvalue weighted by molar-refractivity contribution is 0.132. The fourth-order valence-corrected chi connectivity index (χ4v) is 1.59. The summed E-state index contributed by atoms with van der Waals surface area (Å²) in [6.45, 7) is 4.65. The maximum Gasteiger partial charge on any atom is 0.0682 e. The molecular weight excluding hydrogens is 142 g/mol. The van der Waals surface area contributed by atoms with E-state index in [1.807, 2.05) is 0 Å². The first-order valence-electron chi connectivity index (χ1n) is 4.15. The molecule has 0 unspecified atom stereocenters. The molecule has 3 nitrogen and oxygen atoms in total. The summed E-state index contributed by atoms with van der Waals surface area (Å²) in [6.07, 6.45) is 0.783. The highest BCUT2D eigenvalue weighted by Gasteiger charge is 2.26. The van der Waals surface area contributed by atoms with Crippen LogP contribution >= 0.6 is 0 Å². The number of nitrogens with zero attached hydrogens (tertiary/aromatic N) is 1. The molecule has 1 heterocycles. The lowest BCUT2D eigenvalue weighted by Crippen LogP contribution is -2.30. The molecule has 1 aliphatic rings. The maximum absolute atomic E-state index is 9.29. The molecule has 0 saturated carbocycles. The third-order valence-electron chi connectivity index (χ3n) is 2.26. The van der Waals surface area contributed by atoms with E-state index in [1.165, 1.54) is 0 Å². The van der Waals surface area contributed by atoms with Crippen LogP contribution in [0.2, 0.25) is 0 Å². The molecule has 0 spiro atoms. The van der Waals surface area contributed by atoms with Crippen molar-refractivity contribution in [1.29, 1.82) is 0 Å². The van der Waals surface area contributed by atoms with Crippen molar-refractivity contribution >= 4 is 0 Å². The zero-order chi connectivity index (χ0) is 8.27. The molecule has 1 aliphatic heterocycles. The van der Waals surface area contributed by atoms with E-state index in [2.05, 4.69) is 11.8 Å². The molecule has 1 N–H and O–H groups in total. The molecule has 0 aromatic heterocycles. The third kappa shape index (κ3) is 2.43. The molecule has 0 aromatic carbocycles. The van der Waals surface area contributed by atoms with Crippen molar-refractivity contribution < 1.29 is 9.84 Å². The van der Waals surface area contributed by atoms with Gasteiger partial charge in [0.2, 0.25) is 0 Å². The summed E-state index contributed by atoms with van der Waals surface area (Å²) in [4.78, 5) is 2.26. The molecule has 0 aromatic rings. The summed E-state index contributed by atoms with van der Waals surface area (Å²) < 4.78 is 4.96. The average molecular weight is 159 g/mol. The highest BCUT2D eigenvalue weighted by Crippen LogP contribution is 2.15. The van der Waals surface area contributed by atoms with Gasteiger partial charge in [-0.1, -0.05) is 0 Å². The normalized spacial score (nSPS) is 33.0. The minimum absolute atomic E-state index is 0.123. The minimum Gasteiger partial charge on any atom is -0.392 e. The predicted octanol–water partition coefficient (Wildman–Crippen LogP) is 0.0879. The Kier molecular flexibility index (Phi) is 3.30. The summed E-state index contributed by atoms with van der Waals surface area (Å²) in [5.74, 6) is 0. The molecule has 0 amide bonds.